The molecule has 2 heterocycles. The lowest BCUT2D eigenvalue weighted by molar-refractivity contribution is 0.231. The second-order valence-corrected chi connectivity index (χ2v) is 7.44. The fourth-order valence-electron chi connectivity index (χ4n) is 2.72. The van der Waals surface area contributed by atoms with Crippen molar-refractivity contribution in [1.82, 2.24) is 15.2 Å². The highest BCUT2D eigenvalue weighted by Crippen LogP contribution is 2.27. The SMILES string of the molecule is CCCNC(C)c1cnc(N2CCN(CC(C)C)CC2)s1. The van der Waals surface area contributed by atoms with Crippen molar-refractivity contribution >= 4 is 16.5 Å². The van der Waals surface area contributed by atoms with Crippen molar-refractivity contribution in [2.75, 3.05) is 44.2 Å². The number of piperazine rings is 1. The van der Waals surface area contributed by atoms with E-state index in [4.69, 9.17) is 0 Å². The monoisotopic (exact) mass is 310 g/mol. The van der Waals surface area contributed by atoms with E-state index in [1.807, 2.05) is 17.5 Å². The molecule has 0 radical (unpaired) electrons. The number of hydrogen-bond donors (Lipinski definition) is 1. The summed E-state index contributed by atoms with van der Waals surface area (Å²) in [5.41, 5.74) is 0. The Bertz CT molecular complexity index is 410. The summed E-state index contributed by atoms with van der Waals surface area (Å²) in [5.74, 6) is 0.758. The number of thiazole rings is 1. The topological polar surface area (TPSA) is 31.4 Å². The van der Waals surface area contributed by atoms with Crippen LogP contribution < -0.4 is 10.2 Å². The average molecular weight is 311 g/mol. The molecule has 0 aliphatic carbocycles. The summed E-state index contributed by atoms with van der Waals surface area (Å²) in [6, 6.07) is 0.415. The third-order valence-electron chi connectivity index (χ3n) is 3.90. The van der Waals surface area contributed by atoms with E-state index in [0.717, 1.165) is 38.6 Å². The molecule has 1 unspecified atom stereocenters. The Kier molecular flexibility index (Phi) is 6.45. The van der Waals surface area contributed by atoms with Gasteiger partial charge in [-0.1, -0.05) is 20.8 Å². The third kappa shape index (κ3) is 4.94. The van der Waals surface area contributed by atoms with Gasteiger partial charge in [0.1, 0.15) is 0 Å². The van der Waals surface area contributed by atoms with Gasteiger partial charge in [-0.2, -0.15) is 0 Å². The van der Waals surface area contributed by atoms with Gasteiger partial charge in [-0.05, 0) is 25.8 Å². The van der Waals surface area contributed by atoms with Gasteiger partial charge in [0.05, 0.1) is 0 Å². The molecular formula is C16H30N4S. The lowest BCUT2D eigenvalue weighted by atomic mass is 10.2. The number of rotatable bonds is 7. The zero-order valence-electron chi connectivity index (χ0n) is 13.9. The van der Waals surface area contributed by atoms with Crippen molar-refractivity contribution < 1.29 is 0 Å². The number of nitrogens with zero attached hydrogens (tertiary/aromatic N) is 3. The molecule has 0 saturated carbocycles. The molecule has 120 valence electrons. The molecule has 1 aliphatic heterocycles. The molecule has 21 heavy (non-hydrogen) atoms. The molecule has 1 fully saturated rings. The van der Waals surface area contributed by atoms with E-state index in [0.29, 0.717) is 6.04 Å². The van der Waals surface area contributed by atoms with E-state index in [1.54, 1.807) is 0 Å². The molecule has 0 amide bonds. The largest absolute Gasteiger partial charge is 0.346 e. The lowest BCUT2D eigenvalue weighted by Gasteiger charge is -2.35. The maximum absolute atomic E-state index is 4.64. The predicted molar refractivity (Wildman–Crippen MR) is 92.3 cm³/mol. The van der Waals surface area contributed by atoms with Crippen molar-refractivity contribution in [1.29, 1.82) is 0 Å². The van der Waals surface area contributed by atoms with Gasteiger partial charge in [0.25, 0.3) is 0 Å². The Morgan fingerprint density at radius 2 is 1.95 bits per heavy atom. The van der Waals surface area contributed by atoms with Gasteiger partial charge in [0.15, 0.2) is 5.13 Å². The molecule has 5 heteroatoms. The summed E-state index contributed by atoms with van der Waals surface area (Å²) in [5, 5.41) is 4.73. The van der Waals surface area contributed by atoms with Gasteiger partial charge in [0, 0.05) is 49.8 Å². The van der Waals surface area contributed by atoms with Gasteiger partial charge < -0.3 is 10.2 Å². The Balaban J connectivity index is 1.85. The lowest BCUT2D eigenvalue weighted by Crippen LogP contribution is -2.47. The maximum Gasteiger partial charge on any atom is 0.185 e. The van der Waals surface area contributed by atoms with Crippen LogP contribution in [-0.4, -0.2) is 49.2 Å². The van der Waals surface area contributed by atoms with E-state index in [-0.39, 0.29) is 0 Å². The molecule has 0 bridgehead atoms. The zero-order chi connectivity index (χ0) is 15.2. The van der Waals surface area contributed by atoms with E-state index < -0.39 is 0 Å². The van der Waals surface area contributed by atoms with Crippen molar-refractivity contribution in [3.63, 3.8) is 0 Å². The Hall–Kier alpha value is -0.650. The minimum Gasteiger partial charge on any atom is -0.346 e. The normalized spacial score (nSPS) is 18.4. The van der Waals surface area contributed by atoms with Gasteiger partial charge >= 0.3 is 0 Å². The molecule has 1 N–H and O–H groups in total. The molecule has 1 aromatic heterocycles. The average Bonchev–Trinajstić information content (AvgIpc) is 2.95. The Morgan fingerprint density at radius 1 is 1.24 bits per heavy atom. The quantitative estimate of drug-likeness (QED) is 0.839. The predicted octanol–water partition coefficient (Wildman–Crippen LogP) is 2.98. The number of hydrogen-bond acceptors (Lipinski definition) is 5. The van der Waals surface area contributed by atoms with Crippen LogP contribution >= 0.6 is 11.3 Å². The third-order valence-corrected chi connectivity index (χ3v) is 5.15. The molecule has 1 aromatic rings. The first-order valence-corrected chi connectivity index (χ1v) is 9.08. The summed E-state index contributed by atoms with van der Waals surface area (Å²) in [4.78, 5) is 11.0. The minimum atomic E-state index is 0.415. The minimum absolute atomic E-state index is 0.415. The van der Waals surface area contributed by atoms with Crippen LogP contribution in [0.2, 0.25) is 0 Å². The van der Waals surface area contributed by atoms with Crippen molar-refractivity contribution in [2.24, 2.45) is 5.92 Å². The molecule has 1 atom stereocenters. The summed E-state index contributed by atoms with van der Waals surface area (Å²) < 4.78 is 0. The van der Waals surface area contributed by atoms with E-state index >= 15 is 0 Å². The van der Waals surface area contributed by atoms with Crippen LogP contribution in [0.3, 0.4) is 0 Å². The molecule has 1 aliphatic rings. The highest BCUT2D eigenvalue weighted by molar-refractivity contribution is 7.15. The van der Waals surface area contributed by atoms with Crippen LogP contribution in [0.15, 0.2) is 6.20 Å². The van der Waals surface area contributed by atoms with Crippen LogP contribution in [0.1, 0.15) is 45.0 Å². The van der Waals surface area contributed by atoms with Crippen LogP contribution in [0.4, 0.5) is 5.13 Å². The molecule has 2 rings (SSSR count). The standard InChI is InChI=1S/C16H30N4S/c1-5-6-17-14(4)15-11-18-16(21-15)20-9-7-19(8-10-20)12-13(2)3/h11,13-14,17H,5-10,12H2,1-4H3. The van der Waals surface area contributed by atoms with Crippen molar-refractivity contribution in [2.45, 2.75) is 40.2 Å². The molecule has 0 aromatic carbocycles. The van der Waals surface area contributed by atoms with Crippen LogP contribution in [0.5, 0.6) is 0 Å². The fraction of sp³-hybridized carbons (Fsp3) is 0.812. The summed E-state index contributed by atoms with van der Waals surface area (Å²) in [7, 11) is 0. The molecule has 1 saturated heterocycles. The molecule has 4 nitrogen and oxygen atoms in total. The van der Waals surface area contributed by atoms with Gasteiger partial charge in [-0.15, -0.1) is 11.3 Å². The first kappa shape index (κ1) is 16.7. The second-order valence-electron chi connectivity index (χ2n) is 6.40. The van der Waals surface area contributed by atoms with Gasteiger partial charge in [0.2, 0.25) is 0 Å². The van der Waals surface area contributed by atoms with E-state index in [2.05, 4.69) is 47.8 Å². The molecule has 0 spiro atoms. The highest BCUT2D eigenvalue weighted by atomic mass is 32.1. The second kappa shape index (κ2) is 8.11. The Labute approximate surface area is 133 Å². The highest BCUT2D eigenvalue weighted by Gasteiger charge is 2.20. The Morgan fingerprint density at radius 3 is 2.57 bits per heavy atom. The fourth-order valence-corrected chi connectivity index (χ4v) is 3.72. The summed E-state index contributed by atoms with van der Waals surface area (Å²) in [6.45, 7) is 15.9. The summed E-state index contributed by atoms with van der Waals surface area (Å²) in [6.07, 6.45) is 3.22. The molecular weight excluding hydrogens is 280 g/mol. The zero-order valence-corrected chi connectivity index (χ0v) is 14.7. The van der Waals surface area contributed by atoms with E-state index in [9.17, 15) is 0 Å². The van der Waals surface area contributed by atoms with Gasteiger partial charge in [-0.3, -0.25) is 4.90 Å². The van der Waals surface area contributed by atoms with Crippen molar-refractivity contribution in [3.05, 3.63) is 11.1 Å². The smallest absolute Gasteiger partial charge is 0.185 e. The van der Waals surface area contributed by atoms with Crippen molar-refractivity contribution in [3.8, 4) is 0 Å². The number of nitrogens with one attached hydrogen (secondary N) is 1. The van der Waals surface area contributed by atoms with Crippen LogP contribution in [0.25, 0.3) is 0 Å². The summed E-state index contributed by atoms with van der Waals surface area (Å²) >= 11 is 1.85. The first-order chi connectivity index (χ1) is 10.1. The van der Waals surface area contributed by atoms with Crippen LogP contribution in [0, 0.1) is 5.92 Å². The maximum atomic E-state index is 4.64. The number of aromatic nitrogens is 1. The number of anilines is 1. The van der Waals surface area contributed by atoms with Gasteiger partial charge in [-0.25, -0.2) is 4.98 Å². The van der Waals surface area contributed by atoms with Crippen LogP contribution in [-0.2, 0) is 0 Å². The first-order valence-electron chi connectivity index (χ1n) is 8.26. The van der Waals surface area contributed by atoms with E-state index in [1.165, 1.54) is 23.0 Å².